The molecule has 0 fully saturated rings. The summed E-state index contributed by atoms with van der Waals surface area (Å²) in [6.45, 7) is 1.57. The van der Waals surface area contributed by atoms with Gasteiger partial charge in [0.2, 0.25) is 0 Å². The number of aromatic nitrogens is 1. The Morgan fingerprint density at radius 3 is 2.68 bits per heavy atom. The van der Waals surface area contributed by atoms with Gasteiger partial charge in [0.05, 0.1) is 6.04 Å². The van der Waals surface area contributed by atoms with Crippen molar-refractivity contribution in [2.24, 2.45) is 0 Å². The quantitative estimate of drug-likeness (QED) is 0.833. The summed E-state index contributed by atoms with van der Waals surface area (Å²) >= 11 is 0. The summed E-state index contributed by atoms with van der Waals surface area (Å²) in [5.41, 5.74) is 2.31. The smallest absolute Gasteiger partial charge is 0.318 e. The van der Waals surface area contributed by atoms with Crippen molar-refractivity contribution in [3.63, 3.8) is 0 Å². The lowest BCUT2D eigenvalue weighted by atomic mass is 10.0. The monoisotopic (exact) mass is 255 g/mol. The molecule has 2 amide bonds. The minimum Gasteiger partial charge on any atom is -0.348 e. The Balaban J connectivity index is 2.07. The molecule has 1 N–H and O–H groups in total. The molecule has 3 rings (SSSR count). The van der Waals surface area contributed by atoms with E-state index >= 15 is 0 Å². The Bertz CT molecular complexity index is 576. The third-order valence-electron chi connectivity index (χ3n) is 3.63. The summed E-state index contributed by atoms with van der Waals surface area (Å²) < 4.78 is 2.22. The fourth-order valence-electron chi connectivity index (χ4n) is 2.73. The molecule has 98 valence electrons. The Kier molecular flexibility index (Phi) is 2.99. The van der Waals surface area contributed by atoms with Gasteiger partial charge in [0.1, 0.15) is 0 Å². The molecule has 2 aromatic rings. The van der Waals surface area contributed by atoms with Crippen molar-refractivity contribution >= 4 is 6.03 Å². The second kappa shape index (κ2) is 4.80. The predicted molar refractivity (Wildman–Crippen MR) is 73.9 cm³/mol. The van der Waals surface area contributed by atoms with E-state index in [0.717, 1.165) is 18.7 Å². The van der Waals surface area contributed by atoms with Crippen molar-refractivity contribution in [2.45, 2.75) is 12.6 Å². The summed E-state index contributed by atoms with van der Waals surface area (Å²) in [5.74, 6) is 0. The van der Waals surface area contributed by atoms with Crippen molar-refractivity contribution in [3.8, 4) is 0 Å². The predicted octanol–water partition coefficient (Wildman–Crippen LogP) is 2.23. The van der Waals surface area contributed by atoms with Crippen molar-refractivity contribution in [2.75, 3.05) is 13.6 Å². The minimum absolute atomic E-state index is 0.00935. The Hall–Kier alpha value is -2.23. The molecule has 0 saturated carbocycles. The average molecular weight is 255 g/mol. The maximum absolute atomic E-state index is 12.1. The molecular weight excluding hydrogens is 238 g/mol. The van der Waals surface area contributed by atoms with Gasteiger partial charge in [-0.15, -0.1) is 0 Å². The number of carbonyl (C=O) groups excluding carboxylic acids is 1. The summed E-state index contributed by atoms with van der Waals surface area (Å²) in [6, 6.07) is 14.3. The zero-order valence-electron chi connectivity index (χ0n) is 10.9. The highest BCUT2D eigenvalue weighted by Gasteiger charge is 2.31. The van der Waals surface area contributed by atoms with Gasteiger partial charge >= 0.3 is 6.03 Å². The molecule has 2 heterocycles. The molecule has 1 atom stereocenters. The maximum Gasteiger partial charge on any atom is 0.318 e. The number of nitrogens with zero attached hydrogens (tertiary/aromatic N) is 2. The van der Waals surface area contributed by atoms with Crippen LogP contribution in [0, 0.1) is 0 Å². The first-order valence-electron chi connectivity index (χ1n) is 6.49. The highest BCUT2D eigenvalue weighted by atomic mass is 16.2. The van der Waals surface area contributed by atoms with Gasteiger partial charge in [-0.2, -0.15) is 0 Å². The van der Waals surface area contributed by atoms with E-state index in [-0.39, 0.29) is 12.1 Å². The molecule has 0 bridgehead atoms. The average Bonchev–Trinajstić information content (AvgIpc) is 2.94. The van der Waals surface area contributed by atoms with E-state index in [1.165, 1.54) is 5.69 Å². The van der Waals surface area contributed by atoms with Crippen molar-refractivity contribution < 1.29 is 4.79 Å². The van der Waals surface area contributed by atoms with Crippen LogP contribution in [0.2, 0.25) is 0 Å². The Labute approximate surface area is 112 Å². The van der Waals surface area contributed by atoms with Crippen LogP contribution in [-0.2, 0) is 6.54 Å². The largest absolute Gasteiger partial charge is 0.348 e. The zero-order valence-corrected chi connectivity index (χ0v) is 10.9. The standard InChI is InChI=1S/C15H17N3O/c1-16-15(19)18-11-10-17-9-5-8-13(17)14(18)12-6-3-2-4-7-12/h2-9,14H,10-11H2,1H3,(H,16,19). The summed E-state index contributed by atoms with van der Waals surface area (Å²) in [6.07, 6.45) is 2.08. The van der Waals surface area contributed by atoms with Crippen LogP contribution in [0.25, 0.3) is 0 Å². The lowest BCUT2D eigenvalue weighted by Crippen LogP contribution is -2.46. The van der Waals surface area contributed by atoms with Gasteiger partial charge in [-0.1, -0.05) is 30.3 Å². The van der Waals surface area contributed by atoms with Crippen molar-refractivity contribution in [1.82, 2.24) is 14.8 Å². The van der Waals surface area contributed by atoms with Crippen LogP contribution in [-0.4, -0.2) is 29.1 Å². The summed E-state index contributed by atoms with van der Waals surface area (Å²) in [4.78, 5) is 14.0. The molecule has 1 aliphatic rings. The molecule has 0 spiro atoms. The molecule has 0 aliphatic carbocycles. The van der Waals surface area contributed by atoms with E-state index in [1.807, 2.05) is 29.2 Å². The van der Waals surface area contributed by atoms with Gasteiger partial charge in [-0.05, 0) is 17.7 Å². The number of fused-ring (bicyclic) bond motifs is 1. The van der Waals surface area contributed by atoms with Gasteiger partial charge in [0.15, 0.2) is 0 Å². The number of hydrogen-bond acceptors (Lipinski definition) is 1. The number of rotatable bonds is 1. The SMILES string of the molecule is CNC(=O)N1CCn2cccc2C1c1ccccc1. The number of amides is 2. The second-order valence-corrected chi connectivity index (χ2v) is 4.69. The number of urea groups is 1. The van der Waals surface area contributed by atoms with Crippen LogP contribution < -0.4 is 5.32 Å². The second-order valence-electron chi connectivity index (χ2n) is 4.69. The van der Waals surface area contributed by atoms with Crippen LogP contribution >= 0.6 is 0 Å². The van der Waals surface area contributed by atoms with Crippen LogP contribution in [0.5, 0.6) is 0 Å². The number of nitrogens with one attached hydrogen (secondary N) is 1. The Morgan fingerprint density at radius 1 is 1.16 bits per heavy atom. The third kappa shape index (κ3) is 1.99. The molecule has 1 aliphatic heterocycles. The van der Waals surface area contributed by atoms with Gasteiger partial charge in [-0.3, -0.25) is 0 Å². The van der Waals surface area contributed by atoms with Gasteiger partial charge < -0.3 is 14.8 Å². The zero-order chi connectivity index (χ0) is 13.2. The fourth-order valence-corrected chi connectivity index (χ4v) is 2.73. The van der Waals surface area contributed by atoms with Gasteiger partial charge in [0, 0.05) is 32.0 Å². The van der Waals surface area contributed by atoms with Crippen LogP contribution in [0.1, 0.15) is 17.3 Å². The maximum atomic E-state index is 12.1. The molecule has 19 heavy (non-hydrogen) atoms. The highest BCUT2D eigenvalue weighted by Crippen LogP contribution is 2.32. The van der Waals surface area contributed by atoms with Crippen LogP contribution in [0.4, 0.5) is 4.79 Å². The van der Waals surface area contributed by atoms with E-state index in [9.17, 15) is 4.79 Å². The first-order valence-corrected chi connectivity index (χ1v) is 6.49. The first kappa shape index (κ1) is 11.8. The van der Waals surface area contributed by atoms with E-state index in [2.05, 4.69) is 34.3 Å². The lowest BCUT2D eigenvalue weighted by Gasteiger charge is -2.37. The fraction of sp³-hybridized carbons (Fsp3) is 0.267. The van der Waals surface area contributed by atoms with Crippen LogP contribution in [0.15, 0.2) is 48.7 Å². The molecule has 4 heteroatoms. The molecule has 0 radical (unpaired) electrons. The first-order chi connectivity index (χ1) is 9.31. The van der Waals surface area contributed by atoms with E-state index in [0.29, 0.717) is 0 Å². The minimum atomic E-state index is -0.0266. The van der Waals surface area contributed by atoms with E-state index < -0.39 is 0 Å². The van der Waals surface area contributed by atoms with Gasteiger partial charge in [0.25, 0.3) is 0 Å². The molecule has 1 unspecified atom stereocenters. The lowest BCUT2D eigenvalue weighted by molar-refractivity contribution is 0.171. The van der Waals surface area contributed by atoms with Gasteiger partial charge in [-0.25, -0.2) is 4.79 Å². The molecule has 0 saturated heterocycles. The highest BCUT2D eigenvalue weighted by molar-refractivity contribution is 5.75. The van der Waals surface area contributed by atoms with Crippen molar-refractivity contribution in [1.29, 1.82) is 0 Å². The normalized spacial score (nSPS) is 17.9. The number of benzene rings is 1. The summed E-state index contributed by atoms with van der Waals surface area (Å²) in [5, 5.41) is 2.74. The van der Waals surface area contributed by atoms with Crippen LogP contribution in [0.3, 0.4) is 0 Å². The number of hydrogen-bond donors (Lipinski definition) is 1. The van der Waals surface area contributed by atoms with E-state index in [4.69, 9.17) is 0 Å². The number of carbonyl (C=O) groups is 1. The third-order valence-corrected chi connectivity index (χ3v) is 3.63. The molecule has 4 nitrogen and oxygen atoms in total. The van der Waals surface area contributed by atoms with Crippen molar-refractivity contribution in [3.05, 3.63) is 59.9 Å². The Morgan fingerprint density at radius 2 is 1.95 bits per heavy atom. The molecular formula is C15H17N3O. The summed E-state index contributed by atoms with van der Waals surface area (Å²) in [7, 11) is 1.68. The molecule has 1 aromatic carbocycles. The topological polar surface area (TPSA) is 37.3 Å². The van der Waals surface area contributed by atoms with E-state index in [1.54, 1.807) is 7.05 Å². The molecule has 1 aromatic heterocycles.